The van der Waals surface area contributed by atoms with Gasteiger partial charge in [-0.1, -0.05) is 0 Å². The smallest absolute Gasteiger partial charge is 0.435 e. The predicted molar refractivity (Wildman–Crippen MR) is 70.6 cm³/mol. The highest BCUT2D eigenvalue weighted by atomic mass is 19.4. The van der Waals surface area contributed by atoms with E-state index in [1.54, 1.807) is 0 Å². The molecule has 0 saturated heterocycles. The van der Waals surface area contributed by atoms with Gasteiger partial charge >= 0.3 is 12.1 Å². The number of carbonyl (C=O) groups is 2. The fourth-order valence-electron chi connectivity index (χ4n) is 1.88. The van der Waals surface area contributed by atoms with Crippen LogP contribution < -0.4 is 10.5 Å². The Morgan fingerprint density at radius 2 is 1.96 bits per heavy atom. The summed E-state index contributed by atoms with van der Waals surface area (Å²) < 4.78 is 43.7. The second-order valence-electron chi connectivity index (χ2n) is 4.38. The van der Waals surface area contributed by atoms with Gasteiger partial charge in [0.05, 0.1) is 18.4 Å². The molecular formula is C13H10F3N3O4. The topological polar surface area (TPSA) is 107 Å². The maximum atomic E-state index is 12.8. The van der Waals surface area contributed by atoms with E-state index in [0.29, 0.717) is 10.7 Å². The Morgan fingerprint density at radius 1 is 1.30 bits per heavy atom. The van der Waals surface area contributed by atoms with Crippen molar-refractivity contribution in [2.75, 3.05) is 7.11 Å². The molecular weight excluding hydrogens is 319 g/mol. The lowest BCUT2D eigenvalue weighted by atomic mass is 10.1. The second-order valence-corrected chi connectivity index (χ2v) is 4.38. The van der Waals surface area contributed by atoms with E-state index in [2.05, 4.69) is 5.10 Å². The van der Waals surface area contributed by atoms with Crippen molar-refractivity contribution in [1.29, 1.82) is 0 Å². The van der Waals surface area contributed by atoms with Crippen molar-refractivity contribution in [3.63, 3.8) is 0 Å². The third-order valence-electron chi connectivity index (χ3n) is 2.92. The van der Waals surface area contributed by atoms with E-state index in [0.717, 1.165) is 0 Å². The maximum absolute atomic E-state index is 12.8. The van der Waals surface area contributed by atoms with Crippen LogP contribution in [0.4, 0.5) is 13.2 Å². The monoisotopic (exact) mass is 329 g/mol. The number of aromatic carboxylic acids is 1. The van der Waals surface area contributed by atoms with Crippen LogP contribution in [0.25, 0.3) is 5.69 Å². The largest absolute Gasteiger partial charge is 0.497 e. The van der Waals surface area contributed by atoms with Crippen LogP contribution in [0.1, 0.15) is 26.5 Å². The number of carbonyl (C=O) groups excluding carboxylic acids is 1. The molecule has 10 heteroatoms. The number of hydrogen-bond donors (Lipinski definition) is 2. The molecule has 1 heterocycles. The molecule has 0 radical (unpaired) electrons. The fourth-order valence-corrected chi connectivity index (χ4v) is 1.88. The summed E-state index contributed by atoms with van der Waals surface area (Å²) in [4.78, 5) is 22.7. The van der Waals surface area contributed by atoms with Crippen LogP contribution >= 0.6 is 0 Å². The maximum Gasteiger partial charge on any atom is 0.435 e. The summed E-state index contributed by atoms with van der Waals surface area (Å²) in [6.07, 6.45) is -4.84. The number of nitrogens with two attached hydrogens (primary N) is 1. The van der Waals surface area contributed by atoms with E-state index < -0.39 is 29.4 Å². The summed E-state index contributed by atoms with van der Waals surface area (Å²) >= 11 is 0. The number of primary amides is 1. The number of amides is 1. The highest BCUT2D eigenvalue weighted by molar-refractivity contribution is 5.97. The molecule has 0 atom stereocenters. The van der Waals surface area contributed by atoms with Gasteiger partial charge in [0.1, 0.15) is 5.75 Å². The van der Waals surface area contributed by atoms with Gasteiger partial charge in [0.15, 0.2) is 11.4 Å². The van der Waals surface area contributed by atoms with E-state index in [1.165, 1.54) is 25.3 Å². The molecule has 0 bridgehead atoms. The van der Waals surface area contributed by atoms with Gasteiger partial charge in [-0.25, -0.2) is 9.48 Å². The number of benzene rings is 1. The molecule has 1 amide bonds. The summed E-state index contributed by atoms with van der Waals surface area (Å²) in [6.45, 7) is 0. The normalized spacial score (nSPS) is 11.3. The van der Waals surface area contributed by atoms with Gasteiger partial charge in [-0.15, -0.1) is 0 Å². The van der Waals surface area contributed by atoms with Gasteiger partial charge in [-0.2, -0.15) is 18.3 Å². The van der Waals surface area contributed by atoms with Gasteiger partial charge in [0, 0.05) is 6.07 Å². The van der Waals surface area contributed by atoms with Crippen molar-refractivity contribution in [3.8, 4) is 11.4 Å². The Labute approximate surface area is 127 Å². The SMILES string of the molecule is COc1ccc(-n2nc(C(F)(F)F)cc2C(=O)O)c(C(N)=O)c1. The van der Waals surface area contributed by atoms with Crippen molar-refractivity contribution >= 4 is 11.9 Å². The van der Waals surface area contributed by atoms with E-state index >= 15 is 0 Å². The second kappa shape index (κ2) is 5.63. The van der Waals surface area contributed by atoms with E-state index in [1.807, 2.05) is 0 Å². The van der Waals surface area contributed by atoms with Gasteiger partial charge in [0.25, 0.3) is 5.91 Å². The van der Waals surface area contributed by atoms with Gasteiger partial charge in [0.2, 0.25) is 0 Å². The number of carboxylic acids is 1. The van der Waals surface area contributed by atoms with Crippen LogP contribution in [0.5, 0.6) is 5.75 Å². The minimum atomic E-state index is -4.84. The molecule has 0 aliphatic heterocycles. The zero-order valence-electron chi connectivity index (χ0n) is 11.6. The summed E-state index contributed by atoms with van der Waals surface area (Å²) in [5.74, 6) is -2.39. The molecule has 0 aliphatic carbocycles. The van der Waals surface area contributed by atoms with Crippen LogP contribution in [-0.2, 0) is 6.18 Å². The lowest BCUT2D eigenvalue weighted by Gasteiger charge is -2.10. The summed E-state index contributed by atoms with van der Waals surface area (Å²) in [5, 5.41) is 12.3. The number of nitrogens with zero attached hydrogens (tertiary/aromatic N) is 2. The van der Waals surface area contributed by atoms with Crippen LogP contribution in [0.2, 0.25) is 0 Å². The number of halogens is 3. The van der Waals surface area contributed by atoms with Crippen molar-refractivity contribution in [3.05, 3.63) is 41.2 Å². The Morgan fingerprint density at radius 3 is 2.43 bits per heavy atom. The molecule has 0 saturated carbocycles. The van der Waals surface area contributed by atoms with E-state index in [9.17, 15) is 22.8 Å². The first-order valence-corrected chi connectivity index (χ1v) is 6.04. The molecule has 7 nitrogen and oxygen atoms in total. The van der Waals surface area contributed by atoms with Crippen LogP contribution in [-0.4, -0.2) is 33.9 Å². The predicted octanol–water partition coefficient (Wildman–Crippen LogP) is 1.70. The highest BCUT2D eigenvalue weighted by Gasteiger charge is 2.36. The minimum absolute atomic E-state index is 0.203. The average Bonchev–Trinajstić information content (AvgIpc) is 2.91. The third kappa shape index (κ3) is 3.10. The Hall–Kier alpha value is -3.04. The number of methoxy groups -OCH3 is 1. The van der Waals surface area contributed by atoms with Gasteiger partial charge in [-0.3, -0.25) is 4.79 Å². The van der Waals surface area contributed by atoms with E-state index in [-0.39, 0.29) is 17.0 Å². The first-order valence-electron chi connectivity index (χ1n) is 6.04. The number of rotatable bonds is 4. The van der Waals surface area contributed by atoms with Gasteiger partial charge < -0.3 is 15.6 Å². The quantitative estimate of drug-likeness (QED) is 0.887. The average molecular weight is 329 g/mol. The molecule has 0 aliphatic rings. The van der Waals surface area contributed by atoms with Crippen LogP contribution in [0.15, 0.2) is 24.3 Å². The molecule has 122 valence electrons. The zero-order valence-corrected chi connectivity index (χ0v) is 11.6. The number of ether oxygens (including phenoxy) is 1. The molecule has 2 rings (SSSR count). The Kier molecular flexibility index (Phi) is 4.00. The summed E-state index contributed by atoms with van der Waals surface area (Å²) in [6, 6.07) is 4.08. The minimum Gasteiger partial charge on any atom is -0.497 e. The molecule has 2 aromatic rings. The molecule has 3 N–H and O–H groups in total. The van der Waals surface area contributed by atoms with Crippen molar-refractivity contribution < 1.29 is 32.6 Å². The Balaban J connectivity index is 2.73. The molecule has 0 spiro atoms. The fraction of sp³-hybridized carbons (Fsp3) is 0.154. The number of aromatic nitrogens is 2. The number of alkyl halides is 3. The molecule has 1 aromatic heterocycles. The third-order valence-corrected chi connectivity index (χ3v) is 2.92. The van der Waals surface area contributed by atoms with Crippen molar-refractivity contribution in [1.82, 2.24) is 9.78 Å². The molecule has 1 aromatic carbocycles. The van der Waals surface area contributed by atoms with Crippen molar-refractivity contribution in [2.45, 2.75) is 6.18 Å². The lowest BCUT2D eigenvalue weighted by molar-refractivity contribution is -0.141. The zero-order chi connectivity index (χ0) is 17.4. The first-order chi connectivity index (χ1) is 10.6. The summed E-state index contributed by atoms with van der Waals surface area (Å²) in [5.41, 5.74) is 2.59. The van der Waals surface area contributed by atoms with Crippen LogP contribution in [0.3, 0.4) is 0 Å². The Bertz CT molecular complexity index is 783. The highest BCUT2D eigenvalue weighted by Crippen LogP contribution is 2.30. The van der Waals surface area contributed by atoms with Crippen LogP contribution in [0, 0.1) is 0 Å². The van der Waals surface area contributed by atoms with Gasteiger partial charge in [-0.05, 0) is 18.2 Å². The summed E-state index contributed by atoms with van der Waals surface area (Å²) in [7, 11) is 1.32. The molecule has 0 fully saturated rings. The number of carboxylic acid groups (broad SMARTS) is 1. The van der Waals surface area contributed by atoms with E-state index in [4.69, 9.17) is 15.6 Å². The molecule has 23 heavy (non-hydrogen) atoms. The molecule has 0 unspecified atom stereocenters. The first kappa shape index (κ1) is 16.3. The number of hydrogen-bond acceptors (Lipinski definition) is 4. The standard InChI is InChI=1S/C13H10F3N3O4/c1-23-6-2-3-8(7(4-6)11(17)20)19-9(12(21)22)5-10(18-19)13(14,15)16/h2-5H,1H3,(H2,17,20)(H,21,22). The lowest BCUT2D eigenvalue weighted by Crippen LogP contribution is -2.18. The van der Waals surface area contributed by atoms with Crippen molar-refractivity contribution in [2.24, 2.45) is 5.73 Å².